The Bertz CT molecular complexity index is 92.5. The van der Waals surface area contributed by atoms with E-state index in [-0.39, 0.29) is 12.6 Å². The van der Waals surface area contributed by atoms with E-state index in [0.29, 0.717) is 19.6 Å². The van der Waals surface area contributed by atoms with Gasteiger partial charge in [-0.3, -0.25) is 4.39 Å². The van der Waals surface area contributed by atoms with Crippen LogP contribution in [0.2, 0.25) is 0 Å². The number of alkyl halides is 2. The highest BCUT2D eigenvalue weighted by molar-refractivity contribution is 4.53. The molecule has 2 atom stereocenters. The van der Waals surface area contributed by atoms with Crippen molar-refractivity contribution in [1.29, 1.82) is 0 Å². The first kappa shape index (κ1) is 11.8. The summed E-state index contributed by atoms with van der Waals surface area (Å²) in [5.41, 5.74) is 0. The standard InChI is InChI=1S/C9H18F2O/c1-3-9(6-10)7-12-5-4-8(2)11/h8-9H,3-7H2,1-2H3. The maximum Gasteiger partial charge on any atom is 0.0995 e. The van der Waals surface area contributed by atoms with E-state index in [0.717, 1.165) is 6.42 Å². The Morgan fingerprint density at radius 2 is 2.08 bits per heavy atom. The Labute approximate surface area is 73.1 Å². The van der Waals surface area contributed by atoms with Crippen molar-refractivity contribution in [3.8, 4) is 0 Å². The molecular formula is C9H18F2O. The molecule has 0 saturated heterocycles. The van der Waals surface area contributed by atoms with Gasteiger partial charge in [-0.25, -0.2) is 4.39 Å². The fraction of sp³-hybridized carbons (Fsp3) is 1.00. The molecule has 0 N–H and O–H groups in total. The van der Waals surface area contributed by atoms with Crippen molar-refractivity contribution in [2.24, 2.45) is 5.92 Å². The summed E-state index contributed by atoms with van der Waals surface area (Å²) in [4.78, 5) is 0. The fourth-order valence-electron chi connectivity index (χ4n) is 0.767. The molecule has 0 aromatic carbocycles. The van der Waals surface area contributed by atoms with E-state index in [4.69, 9.17) is 4.74 Å². The molecule has 0 aliphatic rings. The van der Waals surface area contributed by atoms with Gasteiger partial charge >= 0.3 is 0 Å². The molecule has 2 unspecified atom stereocenters. The molecule has 0 saturated carbocycles. The zero-order chi connectivity index (χ0) is 9.40. The Balaban J connectivity index is 3.17. The van der Waals surface area contributed by atoms with Crippen LogP contribution in [0.25, 0.3) is 0 Å². The van der Waals surface area contributed by atoms with E-state index in [1.54, 1.807) is 0 Å². The van der Waals surface area contributed by atoms with Gasteiger partial charge in [0, 0.05) is 18.9 Å². The van der Waals surface area contributed by atoms with E-state index >= 15 is 0 Å². The van der Waals surface area contributed by atoms with E-state index in [2.05, 4.69) is 0 Å². The van der Waals surface area contributed by atoms with Gasteiger partial charge in [0.15, 0.2) is 0 Å². The average Bonchev–Trinajstić information content (AvgIpc) is 2.04. The molecule has 3 heteroatoms. The van der Waals surface area contributed by atoms with Crippen molar-refractivity contribution in [3.63, 3.8) is 0 Å². The second-order valence-electron chi connectivity index (χ2n) is 3.07. The van der Waals surface area contributed by atoms with Crippen molar-refractivity contribution in [2.75, 3.05) is 19.9 Å². The molecule has 0 aromatic heterocycles. The zero-order valence-electron chi connectivity index (χ0n) is 7.85. The van der Waals surface area contributed by atoms with E-state index < -0.39 is 6.17 Å². The smallest absolute Gasteiger partial charge is 0.0995 e. The van der Waals surface area contributed by atoms with Gasteiger partial charge in [-0.1, -0.05) is 6.92 Å². The third kappa shape index (κ3) is 6.53. The number of rotatable bonds is 7. The molecule has 0 rings (SSSR count). The maximum atomic E-state index is 12.2. The van der Waals surface area contributed by atoms with Gasteiger partial charge in [0.1, 0.15) is 0 Å². The Morgan fingerprint density at radius 1 is 1.42 bits per heavy atom. The van der Waals surface area contributed by atoms with E-state index in [9.17, 15) is 8.78 Å². The monoisotopic (exact) mass is 180 g/mol. The third-order valence-corrected chi connectivity index (χ3v) is 1.81. The van der Waals surface area contributed by atoms with Crippen LogP contribution in [0.4, 0.5) is 8.78 Å². The minimum Gasteiger partial charge on any atom is -0.381 e. The van der Waals surface area contributed by atoms with Crippen LogP contribution >= 0.6 is 0 Å². The molecule has 0 fully saturated rings. The SMILES string of the molecule is CCC(CF)COCCC(C)F. The highest BCUT2D eigenvalue weighted by atomic mass is 19.1. The van der Waals surface area contributed by atoms with Gasteiger partial charge in [-0.2, -0.15) is 0 Å². The molecule has 0 heterocycles. The summed E-state index contributed by atoms with van der Waals surface area (Å²) in [6.45, 7) is 3.89. The van der Waals surface area contributed by atoms with Crippen molar-refractivity contribution in [3.05, 3.63) is 0 Å². The lowest BCUT2D eigenvalue weighted by atomic mass is 10.1. The molecule has 74 valence electrons. The summed E-state index contributed by atoms with van der Waals surface area (Å²) in [6.07, 6.45) is 0.361. The highest BCUT2D eigenvalue weighted by Gasteiger charge is 2.05. The summed E-state index contributed by atoms with van der Waals surface area (Å²) in [5.74, 6) is -0.0140. The van der Waals surface area contributed by atoms with Gasteiger partial charge in [0.2, 0.25) is 0 Å². The molecule has 0 aromatic rings. The average molecular weight is 180 g/mol. The van der Waals surface area contributed by atoms with Gasteiger partial charge < -0.3 is 4.74 Å². The fourth-order valence-corrected chi connectivity index (χ4v) is 0.767. The number of ether oxygens (including phenoxy) is 1. The lowest BCUT2D eigenvalue weighted by molar-refractivity contribution is 0.0755. The van der Waals surface area contributed by atoms with Crippen molar-refractivity contribution in [1.82, 2.24) is 0 Å². The Morgan fingerprint density at radius 3 is 2.50 bits per heavy atom. The van der Waals surface area contributed by atoms with Crippen LogP contribution in [0.5, 0.6) is 0 Å². The highest BCUT2D eigenvalue weighted by Crippen LogP contribution is 2.04. The molecule has 0 spiro atoms. The second-order valence-corrected chi connectivity index (χ2v) is 3.07. The van der Waals surface area contributed by atoms with Gasteiger partial charge in [-0.15, -0.1) is 0 Å². The topological polar surface area (TPSA) is 9.23 Å². The first-order valence-electron chi connectivity index (χ1n) is 4.48. The minimum atomic E-state index is -0.824. The first-order chi connectivity index (χ1) is 5.70. The molecule has 12 heavy (non-hydrogen) atoms. The maximum absolute atomic E-state index is 12.2. The zero-order valence-corrected chi connectivity index (χ0v) is 7.85. The lowest BCUT2D eigenvalue weighted by Gasteiger charge is -2.10. The molecule has 0 aliphatic heterocycles. The number of hydrogen-bond acceptors (Lipinski definition) is 1. The molecular weight excluding hydrogens is 162 g/mol. The summed E-state index contributed by atoms with van der Waals surface area (Å²) < 4.78 is 29.4. The van der Waals surface area contributed by atoms with Crippen molar-refractivity contribution >= 4 is 0 Å². The first-order valence-corrected chi connectivity index (χ1v) is 4.48. The normalized spacial score (nSPS) is 16.0. The summed E-state index contributed by atoms with van der Waals surface area (Å²) in [5, 5.41) is 0. The largest absolute Gasteiger partial charge is 0.381 e. The van der Waals surface area contributed by atoms with Crippen LogP contribution < -0.4 is 0 Å². The quantitative estimate of drug-likeness (QED) is 0.547. The molecule has 0 aliphatic carbocycles. The number of hydrogen-bond donors (Lipinski definition) is 0. The van der Waals surface area contributed by atoms with Crippen LogP contribution in [-0.4, -0.2) is 26.1 Å². The van der Waals surface area contributed by atoms with Gasteiger partial charge in [0.25, 0.3) is 0 Å². The lowest BCUT2D eigenvalue weighted by Crippen LogP contribution is -2.12. The van der Waals surface area contributed by atoms with Crippen LogP contribution in [0, 0.1) is 5.92 Å². The predicted octanol–water partition coefficient (Wildman–Crippen LogP) is 2.75. The molecule has 0 bridgehead atoms. The summed E-state index contributed by atoms with van der Waals surface area (Å²) in [7, 11) is 0. The van der Waals surface area contributed by atoms with Crippen LogP contribution in [0.15, 0.2) is 0 Å². The van der Waals surface area contributed by atoms with Gasteiger partial charge in [0.05, 0.1) is 19.5 Å². The van der Waals surface area contributed by atoms with E-state index in [1.807, 2.05) is 6.92 Å². The van der Waals surface area contributed by atoms with E-state index in [1.165, 1.54) is 6.92 Å². The summed E-state index contributed by atoms with van der Waals surface area (Å²) in [6, 6.07) is 0. The number of halogens is 2. The Kier molecular flexibility index (Phi) is 7.36. The van der Waals surface area contributed by atoms with Crippen molar-refractivity contribution in [2.45, 2.75) is 32.9 Å². The van der Waals surface area contributed by atoms with Crippen LogP contribution in [0.1, 0.15) is 26.7 Å². The second kappa shape index (κ2) is 7.47. The molecule has 1 nitrogen and oxygen atoms in total. The predicted molar refractivity (Wildman–Crippen MR) is 45.8 cm³/mol. The molecule has 0 amide bonds. The minimum absolute atomic E-state index is 0.0140. The van der Waals surface area contributed by atoms with Crippen molar-refractivity contribution < 1.29 is 13.5 Å². The Hall–Kier alpha value is -0.180. The van der Waals surface area contributed by atoms with Crippen LogP contribution in [-0.2, 0) is 4.74 Å². The van der Waals surface area contributed by atoms with Crippen LogP contribution in [0.3, 0.4) is 0 Å². The molecule has 0 radical (unpaired) electrons. The third-order valence-electron chi connectivity index (χ3n) is 1.81. The summed E-state index contributed by atoms with van der Waals surface area (Å²) >= 11 is 0. The van der Waals surface area contributed by atoms with Gasteiger partial charge in [-0.05, 0) is 13.3 Å².